The zero-order chi connectivity index (χ0) is 22.4. The number of anilines is 2. The van der Waals surface area contributed by atoms with Crippen molar-refractivity contribution in [3.05, 3.63) is 102 Å². The SMILES string of the molecule is COC(=O)c1ccc(N(/C=C(\C(=O)C(F)(F)F)c2ccccc2)c2ccccc2)cc1. The Labute approximate surface area is 177 Å². The minimum atomic E-state index is -5.04. The first-order valence-electron chi connectivity index (χ1n) is 9.22. The summed E-state index contributed by atoms with van der Waals surface area (Å²) in [7, 11) is 1.25. The zero-order valence-corrected chi connectivity index (χ0v) is 16.5. The Kier molecular flexibility index (Phi) is 6.55. The maximum Gasteiger partial charge on any atom is 0.454 e. The zero-order valence-electron chi connectivity index (χ0n) is 16.5. The fourth-order valence-corrected chi connectivity index (χ4v) is 2.93. The van der Waals surface area contributed by atoms with Crippen LogP contribution >= 0.6 is 0 Å². The van der Waals surface area contributed by atoms with Crippen LogP contribution in [-0.2, 0) is 9.53 Å². The van der Waals surface area contributed by atoms with Gasteiger partial charge in [-0.05, 0) is 42.0 Å². The van der Waals surface area contributed by atoms with Crippen LogP contribution in [0.2, 0.25) is 0 Å². The number of ketones is 1. The van der Waals surface area contributed by atoms with Gasteiger partial charge < -0.3 is 9.64 Å². The monoisotopic (exact) mass is 425 g/mol. The molecule has 4 nitrogen and oxygen atoms in total. The molecule has 0 aromatic heterocycles. The molecule has 0 heterocycles. The molecule has 0 spiro atoms. The van der Waals surface area contributed by atoms with Crippen molar-refractivity contribution in [2.24, 2.45) is 0 Å². The number of para-hydroxylation sites is 1. The molecule has 158 valence electrons. The predicted octanol–water partition coefficient (Wildman–Crippen LogP) is 5.78. The third-order valence-electron chi connectivity index (χ3n) is 4.45. The van der Waals surface area contributed by atoms with Gasteiger partial charge in [0.25, 0.3) is 5.78 Å². The average Bonchev–Trinajstić information content (AvgIpc) is 2.79. The van der Waals surface area contributed by atoms with E-state index in [-0.39, 0.29) is 11.1 Å². The highest BCUT2D eigenvalue weighted by Crippen LogP contribution is 2.32. The highest BCUT2D eigenvalue weighted by Gasteiger charge is 2.41. The lowest BCUT2D eigenvalue weighted by Gasteiger charge is -2.23. The van der Waals surface area contributed by atoms with E-state index < -0.39 is 23.5 Å². The molecule has 0 aliphatic rings. The lowest BCUT2D eigenvalue weighted by molar-refractivity contribution is -0.164. The third kappa shape index (κ3) is 5.19. The number of carbonyl (C=O) groups is 2. The summed E-state index contributed by atoms with van der Waals surface area (Å²) in [6, 6.07) is 22.4. The second kappa shape index (κ2) is 9.30. The van der Waals surface area contributed by atoms with Crippen molar-refractivity contribution in [2.75, 3.05) is 12.0 Å². The number of esters is 1. The highest BCUT2D eigenvalue weighted by molar-refractivity contribution is 6.23. The minimum Gasteiger partial charge on any atom is -0.465 e. The number of allylic oxidation sites excluding steroid dienone is 1. The minimum absolute atomic E-state index is 0.136. The number of hydrogen-bond donors (Lipinski definition) is 0. The van der Waals surface area contributed by atoms with Crippen LogP contribution in [0.1, 0.15) is 15.9 Å². The number of alkyl halides is 3. The molecule has 0 saturated carbocycles. The van der Waals surface area contributed by atoms with Crippen LogP contribution < -0.4 is 4.90 Å². The van der Waals surface area contributed by atoms with Crippen LogP contribution in [-0.4, -0.2) is 25.0 Å². The lowest BCUT2D eigenvalue weighted by Crippen LogP contribution is -2.25. The van der Waals surface area contributed by atoms with Crippen LogP contribution in [0.15, 0.2) is 91.1 Å². The van der Waals surface area contributed by atoms with Gasteiger partial charge in [0.1, 0.15) is 0 Å². The Balaban J connectivity index is 2.16. The summed E-state index contributed by atoms with van der Waals surface area (Å²) in [5, 5.41) is 0. The summed E-state index contributed by atoms with van der Waals surface area (Å²) >= 11 is 0. The van der Waals surface area contributed by atoms with Gasteiger partial charge in [-0.15, -0.1) is 0 Å². The maximum atomic E-state index is 13.4. The first-order valence-corrected chi connectivity index (χ1v) is 9.22. The van der Waals surface area contributed by atoms with E-state index in [4.69, 9.17) is 0 Å². The Morgan fingerprint density at radius 3 is 1.81 bits per heavy atom. The summed E-state index contributed by atoms with van der Waals surface area (Å²) in [5.41, 5.74) is 0.919. The van der Waals surface area contributed by atoms with Gasteiger partial charge in [-0.1, -0.05) is 48.5 Å². The van der Waals surface area contributed by atoms with Crippen molar-refractivity contribution < 1.29 is 27.5 Å². The molecular formula is C24H18F3NO3. The van der Waals surface area contributed by atoms with Gasteiger partial charge in [0.05, 0.1) is 18.2 Å². The van der Waals surface area contributed by atoms with Crippen LogP contribution in [0.25, 0.3) is 5.57 Å². The summed E-state index contributed by atoms with van der Waals surface area (Å²) in [4.78, 5) is 25.4. The van der Waals surface area contributed by atoms with Crippen molar-refractivity contribution >= 4 is 28.7 Å². The van der Waals surface area contributed by atoms with Crippen LogP contribution in [0.5, 0.6) is 0 Å². The molecule has 0 aliphatic carbocycles. The molecule has 0 bridgehead atoms. The number of methoxy groups -OCH3 is 1. The van der Waals surface area contributed by atoms with Crippen molar-refractivity contribution in [3.8, 4) is 0 Å². The molecule has 3 aromatic carbocycles. The molecule has 7 heteroatoms. The number of benzene rings is 3. The van der Waals surface area contributed by atoms with E-state index in [2.05, 4.69) is 4.74 Å². The predicted molar refractivity (Wildman–Crippen MR) is 112 cm³/mol. The molecule has 31 heavy (non-hydrogen) atoms. The van der Waals surface area contributed by atoms with E-state index in [1.165, 1.54) is 36.3 Å². The fourth-order valence-electron chi connectivity index (χ4n) is 2.93. The molecule has 0 atom stereocenters. The molecular weight excluding hydrogens is 407 g/mol. The van der Waals surface area contributed by atoms with Gasteiger partial charge in [-0.3, -0.25) is 4.79 Å². The van der Waals surface area contributed by atoms with E-state index >= 15 is 0 Å². The topological polar surface area (TPSA) is 46.6 Å². The number of ether oxygens (including phenoxy) is 1. The van der Waals surface area contributed by atoms with Gasteiger partial charge in [-0.2, -0.15) is 13.2 Å². The van der Waals surface area contributed by atoms with E-state index in [0.717, 1.165) is 6.20 Å². The highest BCUT2D eigenvalue weighted by atomic mass is 19.4. The van der Waals surface area contributed by atoms with Crippen LogP contribution in [0.4, 0.5) is 24.5 Å². The third-order valence-corrected chi connectivity index (χ3v) is 4.45. The van der Waals surface area contributed by atoms with E-state index in [9.17, 15) is 22.8 Å². The second-order valence-electron chi connectivity index (χ2n) is 6.48. The molecule has 0 saturated heterocycles. The largest absolute Gasteiger partial charge is 0.465 e. The standard InChI is InChI=1S/C24H18F3NO3/c1-31-23(30)18-12-14-20(15-13-18)28(19-10-6-3-7-11-19)16-21(22(29)24(25,26)27)17-8-4-2-5-9-17/h2-16H,1H3/b21-16-. The summed E-state index contributed by atoms with van der Waals surface area (Å²) < 4.78 is 44.8. The smallest absolute Gasteiger partial charge is 0.454 e. The van der Waals surface area contributed by atoms with Gasteiger partial charge in [-0.25, -0.2) is 4.79 Å². The molecule has 0 fully saturated rings. The Morgan fingerprint density at radius 1 is 0.774 bits per heavy atom. The van der Waals surface area contributed by atoms with Crippen LogP contribution in [0.3, 0.4) is 0 Å². The van der Waals surface area contributed by atoms with Gasteiger partial charge in [0.15, 0.2) is 0 Å². The molecule has 3 rings (SSSR count). The summed E-state index contributed by atoms with van der Waals surface area (Å²) in [5.74, 6) is -2.49. The number of halogens is 3. The van der Waals surface area contributed by atoms with Crippen molar-refractivity contribution in [1.82, 2.24) is 0 Å². The number of carbonyl (C=O) groups excluding carboxylic acids is 2. The van der Waals surface area contributed by atoms with Gasteiger partial charge >= 0.3 is 12.1 Å². The molecule has 0 radical (unpaired) electrons. The Bertz CT molecular complexity index is 1080. The number of rotatable bonds is 6. The summed E-state index contributed by atoms with van der Waals surface area (Å²) in [6.07, 6.45) is -3.88. The quantitative estimate of drug-likeness (QED) is 0.371. The molecule has 0 amide bonds. The molecule has 0 N–H and O–H groups in total. The maximum absolute atomic E-state index is 13.4. The van der Waals surface area contributed by atoms with Crippen molar-refractivity contribution in [1.29, 1.82) is 0 Å². The molecule has 3 aromatic rings. The van der Waals surface area contributed by atoms with E-state index in [1.807, 2.05) is 0 Å². The number of nitrogens with zero attached hydrogens (tertiary/aromatic N) is 1. The van der Waals surface area contributed by atoms with Crippen molar-refractivity contribution in [3.63, 3.8) is 0 Å². The van der Waals surface area contributed by atoms with Crippen molar-refractivity contribution in [2.45, 2.75) is 6.18 Å². The summed E-state index contributed by atoms with van der Waals surface area (Å²) in [6.45, 7) is 0. The average molecular weight is 425 g/mol. The number of Topliss-reactive ketones (excluding diaryl/α,β-unsaturated/α-hetero) is 1. The van der Waals surface area contributed by atoms with Gasteiger partial charge in [0, 0.05) is 17.6 Å². The fraction of sp³-hybridized carbons (Fsp3) is 0.0833. The van der Waals surface area contributed by atoms with Crippen LogP contribution in [0, 0.1) is 0 Å². The van der Waals surface area contributed by atoms with E-state index in [0.29, 0.717) is 11.4 Å². The Morgan fingerprint density at radius 2 is 1.29 bits per heavy atom. The molecule has 0 aliphatic heterocycles. The van der Waals surface area contributed by atoms with Gasteiger partial charge in [0.2, 0.25) is 0 Å². The molecule has 0 unspecified atom stereocenters. The number of hydrogen-bond acceptors (Lipinski definition) is 4. The normalized spacial score (nSPS) is 11.7. The first kappa shape index (κ1) is 21.8. The Hall–Kier alpha value is -3.87. The lowest BCUT2D eigenvalue weighted by atomic mass is 10.0. The second-order valence-corrected chi connectivity index (χ2v) is 6.48. The van der Waals surface area contributed by atoms with E-state index in [1.54, 1.807) is 60.7 Å². The first-order chi connectivity index (χ1) is 14.8.